The molecule has 2 heterocycles. The van der Waals surface area contributed by atoms with E-state index < -0.39 is 0 Å². The van der Waals surface area contributed by atoms with Crippen LogP contribution in [-0.4, -0.2) is 21.3 Å². The van der Waals surface area contributed by atoms with Gasteiger partial charge < -0.3 is 9.13 Å². The van der Waals surface area contributed by atoms with E-state index in [2.05, 4.69) is 66.2 Å². The number of carbonyl (C=O) groups is 1. The fourth-order valence-electron chi connectivity index (χ4n) is 4.11. The molecule has 168 valence electrons. The molecular formula is C28H30N4O. The summed E-state index contributed by atoms with van der Waals surface area (Å²) in [6.07, 6.45) is 9.08. The molecule has 4 aromatic rings. The SMILES string of the molecule is CCCCc1ccc(-n2c(C)cc(/C=N\NC(=O)c3ccccc3-n3cccc3)c2C)cc1. The summed E-state index contributed by atoms with van der Waals surface area (Å²) in [5.41, 5.74) is 9.75. The van der Waals surface area contributed by atoms with Crippen LogP contribution in [0, 0.1) is 13.8 Å². The Labute approximate surface area is 195 Å². The van der Waals surface area contributed by atoms with Gasteiger partial charge in [0.05, 0.1) is 17.5 Å². The molecule has 4 rings (SSSR count). The Bertz CT molecular complexity index is 1250. The van der Waals surface area contributed by atoms with Crippen LogP contribution < -0.4 is 5.43 Å². The highest BCUT2D eigenvalue weighted by atomic mass is 16.2. The molecule has 2 aromatic heterocycles. The minimum atomic E-state index is -0.243. The van der Waals surface area contributed by atoms with Gasteiger partial charge in [0.25, 0.3) is 5.91 Å². The number of amides is 1. The Balaban J connectivity index is 1.50. The van der Waals surface area contributed by atoms with Gasteiger partial charge in [-0.25, -0.2) is 5.43 Å². The number of unbranched alkanes of at least 4 members (excludes halogenated alkanes) is 1. The fraction of sp³-hybridized carbons (Fsp3) is 0.214. The molecule has 0 saturated heterocycles. The summed E-state index contributed by atoms with van der Waals surface area (Å²) in [4.78, 5) is 12.8. The van der Waals surface area contributed by atoms with Gasteiger partial charge in [-0.2, -0.15) is 5.10 Å². The zero-order valence-corrected chi connectivity index (χ0v) is 19.5. The van der Waals surface area contributed by atoms with Gasteiger partial charge in [0.15, 0.2) is 0 Å². The zero-order chi connectivity index (χ0) is 23.2. The molecule has 0 aliphatic carbocycles. The number of aromatic nitrogens is 2. The van der Waals surface area contributed by atoms with E-state index in [9.17, 15) is 4.79 Å². The molecule has 0 atom stereocenters. The van der Waals surface area contributed by atoms with Crippen LogP contribution in [0.2, 0.25) is 0 Å². The van der Waals surface area contributed by atoms with Crippen molar-refractivity contribution in [2.24, 2.45) is 5.10 Å². The number of para-hydroxylation sites is 1. The Morgan fingerprint density at radius 1 is 1.00 bits per heavy atom. The number of benzene rings is 2. The third kappa shape index (κ3) is 4.98. The average molecular weight is 439 g/mol. The molecule has 1 N–H and O–H groups in total. The van der Waals surface area contributed by atoms with Crippen molar-refractivity contribution >= 4 is 12.1 Å². The summed E-state index contributed by atoms with van der Waals surface area (Å²) in [7, 11) is 0. The standard InChI is InChI=1S/C28H30N4O/c1-4-5-10-23-13-15-25(16-14-23)32-21(2)19-24(22(32)3)20-29-30-28(33)26-11-6-7-12-27(26)31-17-8-9-18-31/h6-9,11-20H,4-5,10H2,1-3H3,(H,30,33)/b29-20-. The first-order chi connectivity index (χ1) is 16.1. The summed E-state index contributed by atoms with van der Waals surface area (Å²) in [6.45, 7) is 6.37. The lowest BCUT2D eigenvalue weighted by atomic mass is 10.1. The number of hydrogen-bond donors (Lipinski definition) is 1. The van der Waals surface area contributed by atoms with Gasteiger partial charge in [-0.1, -0.05) is 37.6 Å². The second kappa shape index (κ2) is 10.2. The lowest BCUT2D eigenvalue weighted by Gasteiger charge is -2.11. The highest BCUT2D eigenvalue weighted by Gasteiger charge is 2.12. The molecule has 33 heavy (non-hydrogen) atoms. The summed E-state index contributed by atoms with van der Waals surface area (Å²) >= 11 is 0. The number of nitrogens with zero attached hydrogens (tertiary/aromatic N) is 3. The Hall–Kier alpha value is -3.86. The smallest absolute Gasteiger partial charge is 0.273 e. The van der Waals surface area contributed by atoms with E-state index in [0.717, 1.165) is 34.7 Å². The minimum absolute atomic E-state index is 0.243. The Kier molecular flexibility index (Phi) is 6.89. The second-order valence-electron chi connectivity index (χ2n) is 8.24. The van der Waals surface area contributed by atoms with Crippen LogP contribution in [0.15, 0.2) is 84.2 Å². The number of hydrogen-bond acceptors (Lipinski definition) is 2. The monoisotopic (exact) mass is 438 g/mol. The van der Waals surface area contributed by atoms with Crippen molar-refractivity contribution in [2.75, 3.05) is 0 Å². The second-order valence-corrected chi connectivity index (χ2v) is 8.24. The van der Waals surface area contributed by atoms with E-state index in [1.54, 1.807) is 12.3 Å². The van der Waals surface area contributed by atoms with Gasteiger partial charge in [-0.3, -0.25) is 4.79 Å². The number of nitrogens with one attached hydrogen (secondary N) is 1. The highest BCUT2D eigenvalue weighted by Crippen LogP contribution is 2.21. The summed E-state index contributed by atoms with van der Waals surface area (Å²) < 4.78 is 4.13. The maximum Gasteiger partial charge on any atom is 0.273 e. The maximum absolute atomic E-state index is 12.8. The van der Waals surface area contributed by atoms with Gasteiger partial charge in [-0.05, 0) is 74.7 Å². The first-order valence-corrected chi connectivity index (χ1v) is 11.4. The van der Waals surface area contributed by atoms with E-state index in [1.165, 1.54) is 18.4 Å². The molecule has 0 fully saturated rings. The Morgan fingerprint density at radius 3 is 2.45 bits per heavy atom. The largest absolute Gasteiger partial charge is 0.323 e. The van der Waals surface area contributed by atoms with Crippen molar-refractivity contribution in [3.63, 3.8) is 0 Å². The molecule has 0 unspecified atom stereocenters. The fourth-order valence-corrected chi connectivity index (χ4v) is 4.11. The molecule has 0 bridgehead atoms. The quantitative estimate of drug-likeness (QED) is 0.267. The molecule has 0 spiro atoms. The van der Waals surface area contributed by atoms with Crippen LogP contribution in [0.5, 0.6) is 0 Å². The predicted molar refractivity (Wildman–Crippen MR) is 135 cm³/mol. The number of hydrazone groups is 1. The number of rotatable bonds is 8. The van der Waals surface area contributed by atoms with Crippen molar-refractivity contribution < 1.29 is 4.79 Å². The maximum atomic E-state index is 12.8. The molecule has 2 aromatic carbocycles. The molecule has 0 aliphatic heterocycles. The third-order valence-corrected chi connectivity index (χ3v) is 5.88. The van der Waals surface area contributed by atoms with Crippen LogP contribution in [0.3, 0.4) is 0 Å². The molecule has 5 nitrogen and oxygen atoms in total. The lowest BCUT2D eigenvalue weighted by Crippen LogP contribution is -2.19. The van der Waals surface area contributed by atoms with Crippen LogP contribution >= 0.6 is 0 Å². The third-order valence-electron chi connectivity index (χ3n) is 5.88. The number of aryl methyl sites for hydroxylation is 2. The van der Waals surface area contributed by atoms with Gasteiger partial charge in [0.2, 0.25) is 0 Å². The molecular weight excluding hydrogens is 408 g/mol. The summed E-state index contributed by atoms with van der Waals surface area (Å²) in [5.74, 6) is -0.243. The molecule has 5 heteroatoms. The van der Waals surface area contributed by atoms with Crippen molar-refractivity contribution in [3.8, 4) is 11.4 Å². The van der Waals surface area contributed by atoms with Crippen molar-refractivity contribution in [2.45, 2.75) is 40.0 Å². The molecule has 0 saturated carbocycles. The van der Waals surface area contributed by atoms with Crippen molar-refractivity contribution in [1.82, 2.24) is 14.6 Å². The first-order valence-electron chi connectivity index (χ1n) is 11.4. The van der Waals surface area contributed by atoms with E-state index >= 15 is 0 Å². The van der Waals surface area contributed by atoms with Crippen LogP contribution in [0.1, 0.15) is 52.6 Å². The highest BCUT2D eigenvalue weighted by molar-refractivity contribution is 5.98. The van der Waals surface area contributed by atoms with Gasteiger partial charge in [0.1, 0.15) is 0 Å². The predicted octanol–water partition coefficient (Wildman–Crippen LogP) is 5.99. The summed E-state index contributed by atoms with van der Waals surface area (Å²) in [6, 6.07) is 22.2. The van der Waals surface area contributed by atoms with Crippen LogP contribution in [0.4, 0.5) is 0 Å². The minimum Gasteiger partial charge on any atom is -0.323 e. The van der Waals surface area contributed by atoms with E-state index in [0.29, 0.717) is 5.56 Å². The molecule has 0 aliphatic rings. The molecule has 1 amide bonds. The Morgan fingerprint density at radius 2 is 1.73 bits per heavy atom. The average Bonchev–Trinajstić information content (AvgIpc) is 3.46. The lowest BCUT2D eigenvalue weighted by molar-refractivity contribution is 0.0955. The van der Waals surface area contributed by atoms with E-state index in [-0.39, 0.29) is 5.91 Å². The molecule has 0 radical (unpaired) electrons. The number of carbonyl (C=O) groups excluding carboxylic acids is 1. The van der Waals surface area contributed by atoms with Gasteiger partial charge in [-0.15, -0.1) is 0 Å². The summed E-state index contributed by atoms with van der Waals surface area (Å²) in [5, 5.41) is 4.25. The van der Waals surface area contributed by atoms with E-state index in [4.69, 9.17) is 0 Å². The van der Waals surface area contributed by atoms with Crippen LogP contribution in [0.25, 0.3) is 11.4 Å². The van der Waals surface area contributed by atoms with Crippen molar-refractivity contribution in [3.05, 3.63) is 107 Å². The van der Waals surface area contributed by atoms with Crippen LogP contribution in [-0.2, 0) is 6.42 Å². The van der Waals surface area contributed by atoms with Crippen molar-refractivity contribution in [1.29, 1.82) is 0 Å². The normalized spacial score (nSPS) is 11.2. The van der Waals surface area contributed by atoms with Gasteiger partial charge >= 0.3 is 0 Å². The topological polar surface area (TPSA) is 51.3 Å². The first kappa shape index (κ1) is 22.3. The van der Waals surface area contributed by atoms with Gasteiger partial charge in [0, 0.05) is 35.0 Å². The zero-order valence-electron chi connectivity index (χ0n) is 19.5. The van der Waals surface area contributed by atoms with E-state index in [1.807, 2.05) is 47.3 Å².